The molecule has 2 rings (SSSR count). The summed E-state index contributed by atoms with van der Waals surface area (Å²) >= 11 is 0. The highest BCUT2D eigenvalue weighted by Gasteiger charge is 2.10. The molecule has 1 unspecified atom stereocenters. The first kappa shape index (κ1) is 14.9. The first-order chi connectivity index (χ1) is 9.49. The second-order valence-corrected chi connectivity index (χ2v) is 5.86. The summed E-state index contributed by atoms with van der Waals surface area (Å²) in [5.41, 5.74) is 4.89. The molecule has 2 aromatic rings. The fraction of sp³-hybridized carbons (Fsp3) is 0.471. The van der Waals surface area contributed by atoms with Crippen molar-refractivity contribution in [2.45, 2.75) is 33.4 Å². The van der Waals surface area contributed by atoms with Crippen LogP contribution in [-0.4, -0.2) is 36.6 Å². The number of aryl methyl sites for hydroxylation is 1. The Kier molecular flexibility index (Phi) is 4.73. The normalized spacial score (nSPS) is 13.1. The molecule has 0 radical (unpaired) electrons. The third-order valence-corrected chi connectivity index (χ3v) is 3.78. The van der Waals surface area contributed by atoms with Gasteiger partial charge in [0, 0.05) is 30.2 Å². The predicted octanol–water partition coefficient (Wildman–Crippen LogP) is 2.89. The summed E-state index contributed by atoms with van der Waals surface area (Å²) in [6.45, 7) is 8.42. The van der Waals surface area contributed by atoms with Crippen molar-refractivity contribution in [2.24, 2.45) is 0 Å². The van der Waals surface area contributed by atoms with Gasteiger partial charge in [-0.05, 0) is 52.1 Å². The minimum absolute atomic E-state index is 0.469. The minimum atomic E-state index is 0.469. The molecule has 0 fully saturated rings. The van der Waals surface area contributed by atoms with Crippen LogP contribution < -0.4 is 5.32 Å². The molecule has 0 amide bonds. The molecule has 3 nitrogen and oxygen atoms in total. The molecule has 20 heavy (non-hydrogen) atoms. The zero-order valence-electron chi connectivity index (χ0n) is 13.2. The van der Waals surface area contributed by atoms with Gasteiger partial charge in [0.25, 0.3) is 0 Å². The molecular formula is C17H25N3. The van der Waals surface area contributed by atoms with E-state index in [2.05, 4.69) is 74.3 Å². The van der Waals surface area contributed by atoms with Gasteiger partial charge in [-0.1, -0.05) is 18.2 Å². The lowest BCUT2D eigenvalue weighted by molar-refractivity contribution is 0.349. The van der Waals surface area contributed by atoms with Crippen LogP contribution in [0.1, 0.15) is 23.7 Å². The highest BCUT2D eigenvalue weighted by molar-refractivity contribution is 5.83. The highest BCUT2D eigenvalue weighted by Crippen LogP contribution is 2.22. The lowest BCUT2D eigenvalue weighted by Gasteiger charge is -2.20. The minimum Gasteiger partial charge on any atom is -0.309 e. The number of likely N-dealkylation sites (N-methyl/N-ethyl adjacent to an activating group) is 1. The van der Waals surface area contributed by atoms with Crippen LogP contribution >= 0.6 is 0 Å². The zero-order chi connectivity index (χ0) is 14.7. The van der Waals surface area contributed by atoms with Crippen molar-refractivity contribution in [3.05, 3.63) is 41.1 Å². The van der Waals surface area contributed by atoms with Gasteiger partial charge in [-0.3, -0.25) is 4.98 Å². The Morgan fingerprint density at radius 2 is 1.90 bits per heavy atom. The maximum Gasteiger partial charge on any atom is 0.0708 e. The molecule has 1 heterocycles. The van der Waals surface area contributed by atoms with E-state index in [1.807, 2.05) is 0 Å². The van der Waals surface area contributed by atoms with Crippen LogP contribution in [0, 0.1) is 13.8 Å². The van der Waals surface area contributed by atoms with Crippen LogP contribution in [0.15, 0.2) is 24.3 Å². The van der Waals surface area contributed by atoms with Crippen molar-refractivity contribution in [1.82, 2.24) is 15.2 Å². The Hall–Kier alpha value is -1.45. The van der Waals surface area contributed by atoms with E-state index in [4.69, 9.17) is 0 Å². The van der Waals surface area contributed by atoms with Gasteiger partial charge >= 0.3 is 0 Å². The van der Waals surface area contributed by atoms with Crippen LogP contribution in [0.4, 0.5) is 0 Å². The van der Waals surface area contributed by atoms with Crippen molar-refractivity contribution >= 4 is 10.9 Å². The van der Waals surface area contributed by atoms with Crippen molar-refractivity contribution < 1.29 is 0 Å². The topological polar surface area (TPSA) is 28.2 Å². The zero-order valence-corrected chi connectivity index (χ0v) is 13.2. The van der Waals surface area contributed by atoms with Gasteiger partial charge < -0.3 is 10.2 Å². The SMILES string of the molecule is Cc1nc2ccccc2c(CNC(C)CN(C)C)c1C. The first-order valence-electron chi connectivity index (χ1n) is 7.22. The van der Waals surface area contributed by atoms with Crippen LogP contribution in [-0.2, 0) is 6.54 Å². The molecule has 0 saturated heterocycles. The van der Waals surface area contributed by atoms with Crippen molar-refractivity contribution in [1.29, 1.82) is 0 Å². The monoisotopic (exact) mass is 271 g/mol. The van der Waals surface area contributed by atoms with Gasteiger partial charge in [-0.25, -0.2) is 0 Å². The number of rotatable bonds is 5. The van der Waals surface area contributed by atoms with Gasteiger partial charge in [0.15, 0.2) is 0 Å². The smallest absolute Gasteiger partial charge is 0.0708 e. The quantitative estimate of drug-likeness (QED) is 0.906. The van der Waals surface area contributed by atoms with E-state index in [0.717, 1.165) is 24.3 Å². The van der Waals surface area contributed by atoms with E-state index in [1.165, 1.54) is 16.5 Å². The number of hydrogen-bond acceptors (Lipinski definition) is 3. The van der Waals surface area contributed by atoms with E-state index >= 15 is 0 Å². The molecule has 1 aromatic carbocycles. The Labute approximate surface area is 122 Å². The van der Waals surface area contributed by atoms with Gasteiger partial charge in [0.1, 0.15) is 0 Å². The number of fused-ring (bicyclic) bond motifs is 1. The average molecular weight is 271 g/mol. The molecule has 1 N–H and O–H groups in total. The van der Waals surface area contributed by atoms with E-state index in [-0.39, 0.29) is 0 Å². The van der Waals surface area contributed by atoms with Crippen molar-refractivity contribution in [2.75, 3.05) is 20.6 Å². The molecule has 3 heteroatoms. The molecule has 0 aliphatic rings. The molecule has 0 spiro atoms. The van der Waals surface area contributed by atoms with Gasteiger partial charge in [-0.15, -0.1) is 0 Å². The molecule has 0 saturated carbocycles. The highest BCUT2D eigenvalue weighted by atomic mass is 15.1. The fourth-order valence-corrected chi connectivity index (χ4v) is 2.63. The number of para-hydroxylation sites is 1. The molecule has 1 aromatic heterocycles. The van der Waals surface area contributed by atoms with Crippen LogP contribution in [0.25, 0.3) is 10.9 Å². The maximum atomic E-state index is 4.68. The summed E-state index contributed by atoms with van der Waals surface area (Å²) in [4.78, 5) is 6.88. The third-order valence-electron chi connectivity index (χ3n) is 3.78. The van der Waals surface area contributed by atoms with E-state index in [1.54, 1.807) is 0 Å². The third kappa shape index (κ3) is 3.35. The van der Waals surface area contributed by atoms with Crippen LogP contribution in [0.2, 0.25) is 0 Å². The summed E-state index contributed by atoms with van der Waals surface area (Å²) in [7, 11) is 4.21. The molecule has 0 aliphatic carbocycles. The Balaban J connectivity index is 2.26. The number of hydrogen-bond donors (Lipinski definition) is 1. The van der Waals surface area contributed by atoms with E-state index in [9.17, 15) is 0 Å². The summed E-state index contributed by atoms with van der Waals surface area (Å²) < 4.78 is 0. The fourth-order valence-electron chi connectivity index (χ4n) is 2.63. The number of aromatic nitrogens is 1. The standard InChI is InChI=1S/C17H25N3/c1-12(11-20(4)5)18-10-16-13(2)14(3)19-17-9-7-6-8-15(16)17/h6-9,12,18H,10-11H2,1-5H3. The maximum absolute atomic E-state index is 4.68. The molecule has 1 atom stereocenters. The van der Waals surface area contributed by atoms with Gasteiger partial charge in [0.2, 0.25) is 0 Å². The first-order valence-corrected chi connectivity index (χ1v) is 7.22. The number of nitrogens with zero attached hydrogens (tertiary/aromatic N) is 2. The second-order valence-electron chi connectivity index (χ2n) is 5.86. The number of benzene rings is 1. The Bertz CT molecular complexity index is 590. The van der Waals surface area contributed by atoms with E-state index < -0.39 is 0 Å². The predicted molar refractivity (Wildman–Crippen MR) is 86.1 cm³/mol. The lowest BCUT2D eigenvalue weighted by atomic mass is 10.0. The Morgan fingerprint density at radius 3 is 2.60 bits per heavy atom. The van der Waals surface area contributed by atoms with Crippen LogP contribution in [0.3, 0.4) is 0 Å². The number of nitrogens with one attached hydrogen (secondary N) is 1. The lowest BCUT2D eigenvalue weighted by Crippen LogP contribution is -2.35. The largest absolute Gasteiger partial charge is 0.309 e. The summed E-state index contributed by atoms with van der Waals surface area (Å²) in [6, 6.07) is 8.87. The molecule has 0 aliphatic heterocycles. The van der Waals surface area contributed by atoms with E-state index in [0.29, 0.717) is 6.04 Å². The van der Waals surface area contributed by atoms with Crippen LogP contribution in [0.5, 0.6) is 0 Å². The van der Waals surface area contributed by atoms with Gasteiger partial charge in [-0.2, -0.15) is 0 Å². The summed E-state index contributed by atoms with van der Waals surface area (Å²) in [6.07, 6.45) is 0. The van der Waals surface area contributed by atoms with Gasteiger partial charge in [0.05, 0.1) is 5.52 Å². The summed E-state index contributed by atoms with van der Waals surface area (Å²) in [5, 5.41) is 4.89. The average Bonchev–Trinajstić information content (AvgIpc) is 2.38. The summed E-state index contributed by atoms with van der Waals surface area (Å²) in [5.74, 6) is 0. The molecule has 108 valence electrons. The molecule has 0 bridgehead atoms. The number of pyridine rings is 1. The van der Waals surface area contributed by atoms with Crippen molar-refractivity contribution in [3.8, 4) is 0 Å². The second kappa shape index (κ2) is 6.33. The van der Waals surface area contributed by atoms with Crippen molar-refractivity contribution in [3.63, 3.8) is 0 Å². The molecular weight excluding hydrogens is 246 g/mol. The Morgan fingerprint density at radius 1 is 1.20 bits per heavy atom.